The molecule has 5 atom stereocenters. The smallest absolute Gasteiger partial charge is 0.255 e. The zero-order valence-corrected chi connectivity index (χ0v) is 16.5. The predicted molar refractivity (Wildman–Crippen MR) is 103 cm³/mol. The summed E-state index contributed by atoms with van der Waals surface area (Å²) in [6.07, 6.45) is 3.36. The van der Waals surface area contributed by atoms with Gasteiger partial charge in [0.25, 0.3) is 5.88 Å². The van der Waals surface area contributed by atoms with Crippen LogP contribution in [0.15, 0.2) is 30.5 Å². The third-order valence-electron chi connectivity index (χ3n) is 6.30. The van der Waals surface area contributed by atoms with Crippen LogP contribution >= 0.6 is 11.6 Å². The van der Waals surface area contributed by atoms with Gasteiger partial charge in [-0.3, -0.25) is 9.59 Å². The average molecular weight is 416 g/mol. The Morgan fingerprint density at radius 3 is 2.48 bits per heavy atom. The molecule has 2 saturated heterocycles. The molecular formula is C22H19ClFNO4. The highest BCUT2D eigenvalue weighted by atomic mass is 35.5. The van der Waals surface area contributed by atoms with Crippen LogP contribution < -0.4 is 4.74 Å². The molecular weight excluding hydrogens is 397 g/mol. The van der Waals surface area contributed by atoms with Crippen molar-refractivity contribution in [2.45, 2.75) is 44.3 Å². The van der Waals surface area contributed by atoms with Crippen LogP contribution in [0.5, 0.6) is 11.6 Å². The molecule has 0 N–H and O–H groups in total. The number of aryl methyl sites for hydroxylation is 1. The molecule has 1 aromatic heterocycles. The van der Waals surface area contributed by atoms with Gasteiger partial charge in [-0.05, 0) is 48.6 Å². The summed E-state index contributed by atoms with van der Waals surface area (Å²) in [4.78, 5) is 30.2. The number of halogens is 2. The molecule has 0 spiro atoms. The van der Waals surface area contributed by atoms with Gasteiger partial charge in [-0.25, -0.2) is 9.37 Å². The SMILES string of the molecule is CCc1ccc(Oc2ncc(Cl)cc2F)cc1C1C(=O)[C@@H]2[C@H](C1=O)[C@H]1CC[C@@H]2O1. The fraction of sp³-hybridized carbons (Fsp3) is 0.409. The van der Waals surface area contributed by atoms with Crippen LogP contribution in [0.4, 0.5) is 4.39 Å². The van der Waals surface area contributed by atoms with Crippen LogP contribution in [0, 0.1) is 17.7 Å². The van der Waals surface area contributed by atoms with E-state index in [9.17, 15) is 14.0 Å². The molecule has 1 aromatic carbocycles. The van der Waals surface area contributed by atoms with E-state index < -0.39 is 11.7 Å². The summed E-state index contributed by atoms with van der Waals surface area (Å²) in [6.45, 7) is 1.97. The van der Waals surface area contributed by atoms with Crippen molar-refractivity contribution in [1.29, 1.82) is 0 Å². The zero-order chi connectivity index (χ0) is 20.3. The first-order chi connectivity index (χ1) is 14.0. The van der Waals surface area contributed by atoms with Crippen molar-refractivity contribution < 1.29 is 23.5 Å². The number of rotatable bonds is 4. The maximum absolute atomic E-state index is 14.1. The number of fused-ring (bicyclic) bond motifs is 5. The monoisotopic (exact) mass is 415 g/mol. The third kappa shape index (κ3) is 2.89. The van der Waals surface area contributed by atoms with Crippen LogP contribution in [0.2, 0.25) is 5.02 Å². The molecule has 1 aliphatic carbocycles. The lowest BCUT2D eigenvalue weighted by Crippen LogP contribution is -2.29. The quantitative estimate of drug-likeness (QED) is 0.698. The fourth-order valence-corrected chi connectivity index (χ4v) is 5.19. The van der Waals surface area contributed by atoms with Crippen LogP contribution in [-0.2, 0) is 20.7 Å². The Morgan fingerprint density at radius 1 is 1.17 bits per heavy atom. The maximum atomic E-state index is 14.1. The average Bonchev–Trinajstić information content (AvgIpc) is 3.38. The molecule has 2 bridgehead atoms. The van der Waals surface area contributed by atoms with E-state index in [-0.39, 0.29) is 46.5 Å². The molecule has 29 heavy (non-hydrogen) atoms. The van der Waals surface area contributed by atoms with Crippen molar-refractivity contribution in [2.24, 2.45) is 11.8 Å². The van der Waals surface area contributed by atoms with Crippen molar-refractivity contribution >= 4 is 23.2 Å². The summed E-state index contributed by atoms with van der Waals surface area (Å²) >= 11 is 5.73. The summed E-state index contributed by atoms with van der Waals surface area (Å²) in [5, 5.41) is 0.169. The molecule has 3 aliphatic rings. The molecule has 3 fully saturated rings. The number of pyridine rings is 1. The fourth-order valence-electron chi connectivity index (χ4n) is 5.05. The molecule has 1 saturated carbocycles. The first-order valence-electron chi connectivity index (χ1n) is 9.82. The molecule has 0 radical (unpaired) electrons. The predicted octanol–water partition coefficient (Wildman–Crippen LogP) is 4.26. The Balaban J connectivity index is 1.50. The number of Topliss-reactive ketones (excluding diaryl/α,β-unsaturated/α-hetero) is 2. The van der Waals surface area contributed by atoms with Gasteiger partial charge in [0.15, 0.2) is 17.4 Å². The number of carbonyl (C=O) groups is 2. The first kappa shape index (κ1) is 18.7. The van der Waals surface area contributed by atoms with E-state index in [0.717, 1.165) is 24.5 Å². The van der Waals surface area contributed by atoms with E-state index in [2.05, 4.69) is 4.98 Å². The molecule has 1 unspecified atom stereocenters. The van der Waals surface area contributed by atoms with Crippen molar-refractivity contribution in [3.63, 3.8) is 0 Å². The van der Waals surface area contributed by atoms with E-state index in [4.69, 9.17) is 21.1 Å². The van der Waals surface area contributed by atoms with Crippen molar-refractivity contribution in [1.82, 2.24) is 4.98 Å². The van der Waals surface area contributed by atoms with Gasteiger partial charge >= 0.3 is 0 Å². The Labute approximate surface area is 172 Å². The largest absolute Gasteiger partial charge is 0.436 e. The zero-order valence-electron chi connectivity index (χ0n) is 15.7. The lowest BCUT2D eigenvalue weighted by molar-refractivity contribution is -0.127. The molecule has 5 nitrogen and oxygen atoms in total. The van der Waals surface area contributed by atoms with E-state index in [1.54, 1.807) is 12.1 Å². The second kappa shape index (κ2) is 6.89. The number of aromatic nitrogens is 1. The molecule has 3 heterocycles. The first-order valence-corrected chi connectivity index (χ1v) is 10.2. The molecule has 150 valence electrons. The number of ether oxygens (including phenoxy) is 2. The number of benzene rings is 1. The van der Waals surface area contributed by atoms with E-state index in [1.807, 2.05) is 13.0 Å². The van der Waals surface area contributed by atoms with E-state index in [0.29, 0.717) is 17.7 Å². The summed E-state index contributed by atoms with van der Waals surface area (Å²) < 4.78 is 25.5. The van der Waals surface area contributed by atoms with Crippen molar-refractivity contribution in [3.8, 4) is 11.6 Å². The highest BCUT2D eigenvalue weighted by molar-refractivity contribution is 6.30. The number of hydrogen-bond donors (Lipinski definition) is 0. The van der Waals surface area contributed by atoms with Crippen LogP contribution in [0.1, 0.15) is 36.8 Å². The standard InChI is InChI=1S/C22H19ClFNO4/c1-2-10-3-4-12(28-22-14(24)7-11(23)9-25-22)8-13(10)17-20(26)18-15-5-6-16(29-15)19(18)21(17)27/h3-4,7-9,15-19H,2,5-6H2,1H3/t15-,16+,17?,18-,19+. The minimum Gasteiger partial charge on any atom is -0.436 e. The van der Waals surface area contributed by atoms with Gasteiger partial charge in [-0.2, -0.15) is 0 Å². The van der Waals surface area contributed by atoms with Crippen molar-refractivity contribution in [3.05, 3.63) is 52.4 Å². The molecule has 0 amide bonds. The Bertz CT molecular complexity index is 998. The Kier molecular flexibility index (Phi) is 4.44. The number of hydrogen-bond acceptors (Lipinski definition) is 5. The van der Waals surface area contributed by atoms with Gasteiger partial charge in [0, 0.05) is 6.20 Å². The van der Waals surface area contributed by atoms with Gasteiger partial charge in [-0.15, -0.1) is 0 Å². The molecule has 2 aromatic rings. The Hall–Kier alpha value is -2.31. The molecule has 7 heteroatoms. The molecule has 2 aliphatic heterocycles. The number of carbonyl (C=O) groups excluding carboxylic acids is 2. The normalized spacial score (nSPS) is 30.1. The van der Waals surface area contributed by atoms with Crippen LogP contribution in [-0.4, -0.2) is 28.8 Å². The van der Waals surface area contributed by atoms with E-state index >= 15 is 0 Å². The topological polar surface area (TPSA) is 65.5 Å². The van der Waals surface area contributed by atoms with Gasteiger partial charge in [0.05, 0.1) is 29.1 Å². The van der Waals surface area contributed by atoms with Crippen LogP contribution in [0.25, 0.3) is 0 Å². The highest BCUT2D eigenvalue weighted by Gasteiger charge is 2.63. The number of nitrogens with zero attached hydrogens (tertiary/aromatic N) is 1. The summed E-state index contributed by atoms with van der Waals surface area (Å²) in [7, 11) is 0. The summed E-state index contributed by atoms with van der Waals surface area (Å²) in [6, 6.07) is 6.29. The minimum absolute atomic E-state index is 0.0603. The maximum Gasteiger partial charge on any atom is 0.255 e. The van der Waals surface area contributed by atoms with Gasteiger partial charge in [0.2, 0.25) is 0 Å². The number of ketones is 2. The summed E-state index contributed by atoms with van der Waals surface area (Å²) in [5.74, 6) is -2.18. The van der Waals surface area contributed by atoms with Gasteiger partial charge in [0.1, 0.15) is 11.7 Å². The second-order valence-corrected chi connectivity index (χ2v) is 8.27. The highest BCUT2D eigenvalue weighted by Crippen LogP contribution is 2.52. The lowest BCUT2D eigenvalue weighted by Gasteiger charge is -2.17. The van der Waals surface area contributed by atoms with Gasteiger partial charge < -0.3 is 9.47 Å². The summed E-state index contributed by atoms with van der Waals surface area (Å²) in [5.41, 5.74) is 1.55. The third-order valence-corrected chi connectivity index (χ3v) is 6.50. The molecule has 5 rings (SSSR count). The Morgan fingerprint density at radius 2 is 1.86 bits per heavy atom. The van der Waals surface area contributed by atoms with Crippen LogP contribution in [0.3, 0.4) is 0 Å². The van der Waals surface area contributed by atoms with E-state index in [1.165, 1.54) is 6.20 Å². The lowest BCUT2D eigenvalue weighted by atomic mass is 9.81. The second-order valence-electron chi connectivity index (χ2n) is 7.84. The minimum atomic E-state index is -0.807. The van der Waals surface area contributed by atoms with Crippen molar-refractivity contribution in [2.75, 3.05) is 0 Å². The van der Waals surface area contributed by atoms with Gasteiger partial charge in [-0.1, -0.05) is 24.6 Å².